The van der Waals surface area contributed by atoms with E-state index in [1.807, 2.05) is 31.2 Å². The molecule has 0 spiro atoms. The average molecular weight is 354 g/mol. The molecule has 2 atom stereocenters. The third kappa shape index (κ3) is 4.29. The highest BCUT2D eigenvalue weighted by Crippen LogP contribution is 2.25. The molecule has 26 heavy (non-hydrogen) atoms. The van der Waals surface area contributed by atoms with E-state index < -0.39 is 5.91 Å². The Morgan fingerprint density at radius 3 is 2.85 bits per heavy atom. The second-order valence-electron chi connectivity index (χ2n) is 6.68. The largest absolute Gasteiger partial charge is 0.379 e. The highest BCUT2D eigenvalue weighted by Gasteiger charge is 2.22. The molecule has 0 unspecified atom stereocenters. The SMILES string of the molecule is CCc1cccc(Nc2cc(N[C@@H]3CCCC[C@@H]3N)cnc2C(N)=O)n1. The summed E-state index contributed by atoms with van der Waals surface area (Å²) < 4.78 is 0. The molecular formula is C19H26N6O. The van der Waals surface area contributed by atoms with Crippen LogP contribution in [-0.4, -0.2) is 28.0 Å². The van der Waals surface area contributed by atoms with Gasteiger partial charge in [0.25, 0.3) is 5.91 Å². The highest BCUT2D eigenvalue weighted by molar-refractivity contribution is 5.97. The molecule has 0 radical (unpaired) electrons. The number of nitrogens with two attached hydrogens (primary N) is 2. The zero-order valence-electron chi connectivity index (χ0n) is 15.0. The van der Waals surface area contributed by atoms with Crippen molar-refractivity contribution in [2.24, 2.45) is 11.5 Å². The van der Waals surface area contributed by atoms with Gasteiger partial charge in [0.1, 0.15) is 5.82 Å². The molecular weight excluding hydrogens is 328 g/mol. The maximum absolute atomic E-state index is 11.7. The molecule has 1 amide bonds. The number of primary amides is 1. The van der Waals surface area contributed by atoms with Crippen LogP contribution in [0.25, 0.3) is 0 Å². The van der Waals surface area contributed by atoms with Crippen LogP contribution < -0.4 is 22.1 Å². The Hall–Kier alpha value is -2.67. The van der Waals surface area contributed by atoms with Gasteiger partial charge in [0.15, 0.2) is 5.69 Å². The minimum absolute atomic E-state index is 0.124. The van der Waals surface area contributed by atoms with Gasteiger partial charge < -0.3 is 22.1 Å². The van der Waals surface area contributed by atoms with Gasteiger partial charge in [-0.05, 0) is 37.5 Å². The van der Waals surface area contributed by atoms with Crippen LogP contribution in [0, 0.1) is 0 Å². The van der Waals surface area contributed by atoms with Crippen LogP contribution in [0.4, 0.5) is 17.2 Å². The molecule has 3 rings (SSSR count). The second kappa shape index (κ2) is 8.14. The van der Waals surface area contributed by atoms with Gasteiger partial charge in [0, 0.05) is 17.8 Å². The first-order chi connectivity index (χ1) is 12.6. The number of hydrogen-bond donors (Lipinski definition) is 4. The topological polar surface area (TPSA) is 119 Å². The summed E-state index contributed by atoms with van der Waals surface area (Å²) >= 11 is 0. The van der Waals surface area contributed by atoms with E-state index in [0.717, 1.165) is 37.1 Å². The summed E-state index contributed by atoms with van der Waals surface area (Å²) in [5, 5.41) is 6.62. The number of aromatic nitrogens is 2. The van der Waals surface area contributed by atoms with E-state index in [4.69, 9.17) is 11.5 Å². The van der Waals surface area contributed by atoms with Crippen molar-refractivity contribution in [3.63, 3.8) is 0 Å². The van der Waals surface area contributed by atoms with Crippen molar-refractivity contribution in [2.45, 2.75) is 51.1 Å². The molecule has 2 heterocycles. The Morgan fingerprint density at radius 2 is 2.12 bits per heavy atom. The minimum atomic E-state index is -0.583. The number of hydrogen-bond acceptors (Lipinski definition) is 6. The first-order valence-corrected chi connectivity index (χ1v) is 9.11. The number of amides is 1. The maximum atomic E-state index is 11.7. The Balaban J connectivity index is 1.85. The highest BCUT2D eigenvalue weighted by atomic mass is 16.1. The van der Waals surface area contributed by atoms with Crippen LogP contribution in [0.3, 0.4) is 0 Å². The normalized spacial score (nSPS) is 19.8. The van der Waals surface area contributed by atoms with Crippen molar-refractivity contribution in [3.05, 3.63) is 41.9 Å². The Kier molecular flexibility index (Phi) is 5.68. The monoisotopic (exact) mass is 354 g/mol. The molecule has 1 aliphatic carbocycles. The molecule has 0 aromatic carbocycles. The van der Waals surface area contributed by atoms with Gasteiger partial charge in [0.05, 0.1) is 17.6 Å². The predicted molar refractivity (Wildman–Crippen MR) is 104 cm³/mol. The molecule has 0 aliphatic heterocycles. The second-order valence-corrected chi connectivity index (χ2v) is 6.68. The van der Waals surface area contributed by atoms with E-state index >= 15 is 0 Å². The fraction of sp³-hybridized carbons (Fsp3) is 0.421. The summed E-state index contributed by atoms with van der Waals surface area (Å²) in [5.74, 6) is 0.0697. The number of rotatable bonds is 6. The van der Waals surface area contributed by atoms with Gasteiger partial charge in [-0.25, -0.2) is 9.97 Å². The molecule has 0 saturated heterocycles. The first kappa shape index (κ1) is 18.1. The number of pyridine rings is 2. The van der Waals surface area contributed by atoms with Crippen LogP contribution in [0.1, 0.15) is 48.8 Å². The van der Waals surface area contributed by atoms with E-state index in [1.165, 1.54) is 6.42 Å². The van der Waals surface area contributed by atoms with E-state index in [1.54, 1.807) is 6.20 Å². The molecule has 1 fully saturated rings. The lowest BCUT2D eigenvalue weighted by molar-refractivity contribution is 0.0996. The maximum Gasteiger partial charge on any atom is 0.269 e. The zero-order valence-corrected chi connectivity index (χ0v) is 15.0. The summed E-state index contributed by atoms with van der Waals surface area (Å²) in [5.41, 5.74) is 14.2. The van der Waals surface area contributed by atoms with E-state index in [2.05, 4.69) is 20.6 Å². The van der Waals surface area contributed by atoms with Crippen LogP contribution in [0.2, 0.25) is 0 Å². The van der Waals surface area contributed by atoms with Crippen molar-refractivity contribution >= 4 is 23.1 Å². The summed E-state index contributed by atoms with van der Waals surface area (Å²) in [4.78, 5) is 20.5. The lowest BCUT2D eigenvalue weighted by atomic mass is 9.91. The first-order valence-electron chi connectivity index (χ1n) is 9.11. The van der Waals surface area contributed by atoms with Gasteiger partial charge in [-0.2, -0.15) is 0 Å². The third-order valence-electron chi connectivity index (χ3n) is 4.72. The number of carbonyl (C=O) groups is 1. The molecule has 2 aromatic rings. The van der Waals surface area contributed by atoms with Crippen LogP contribution in [-0.2, 0) is 6.42 Å². The van der Waals surface area contributed by atoms with E-state index in [-0.39, 0.29) is 17.8 Å². The van der Waals surface area contributed by atoms with Crippen molar-refractivity contribution in [3.8, 4) is 0 Å². The van der Waals surface area contributed by atoms with E-state index in [0.29, 0.717) is 11.5 Å². The van der Waals surface area contributed by atoms with Crippen molar-refractivity contribution in [1.29, 1.82) is 0 Å². The third-order valence-corrected chi connectivity index (χ3v) is 4.72. The zero-order chi connectivity index (χ0) is 18.5. The van der Waals surface area contributed by atoms with Gasteiger partial charge >= 0.3 is 0 Å². The number of anilines is 3. The van der Waals surface area contributed by atoms with Crippen molar-refractivity contribution < 1.29 is 4.79 Å². The van der Waals surface area contributed by atoms with Crippen molar-refractivity contribution in [1.82, 2.24) is 9.97 Å². The van der Waals surface area contributed by atoms with Gasteiger partial charge in [-0.1, -0.05) is 25.8 Å². The summed E-state index contributed by atoms with van der Waals surface area (Å²) in [6.07, 6.45) is 6.84. The summed E-state index contributed by atoms with van der Waals surface area (Å²) in [7, 11) is 0. The lowest BCUT2D eigenvalue weighted by Gasteiger charge is -2.30. The van der Waals surface area contributed by atoms with E-state index in [9.17, 15) is 4.79 Å². The minimum Gasteiger partial charge on any atom is -0.379 e. The van der Waals surface area contributed by atoms with Crippen LogP contribution >= 0.6 is 0 Å². The fourth-order valence-electron chi connectivity index (χ4n) is 3.27. The molecule has 6 N–H and O–H groups in total. The number of aryl methyl sites for hydroxylation is 1. The molecule has 1 aliphatic rings. The molecule has 2 aromatic heterocycles. The van der Waals surface area contributed by atoms with Crippen LogP contribution in [0.15, 0.2) is 30.5 Å². The average Bonchev–Trinajstić information content (AvgIpc) is 2.64. The van der Waals surface area contributed by atoms with Gasteiger partial charge in [-0.3, -0.25) is 4.79 Å². The molecule has 0 bridgehead atoms. The fourth-order valence-corrected chi connectivity index (χ4v) is 3.27. The molecule has 1 saturated carbocycles. The van der Waals surface area contributed by atoms with Crippen molar-refractivity contribution in [2.75, 3.05) is 10.6 Å². The Morgan fingerprint density at radius 1 is 1.31 bits per heavy atom. The summed E-state index contributed by atoms with van der Waals surface area (Å²) in [6, 6.07) is 7.91. The quantitative estimate of drug-likeness (QED) is 0.633. The number of nitrogens with one attached hydrogen (secondary N) is 2. The molecule has 7 nitrogen and oxygen atoms in total. The molecule has 138 valence electrons. The summed E-state index contributed by atoms with van der Waals surface area (Å²) in [6.45, 7) is 2.04. The van der Waals surface area contributed by atoms with Crippen LogP contribution in [0.5, 0.6) is 0 Å². The van der Waals surface area contributed by atoms with Gasteiger partial charge in [0.2, 0.25) is 0 Å². The molecule has 7 heteroatoms. The predicted octanol–water partition coefficient (Wildman–Crippen LogP) is 2.56. The number of nitrogens with zero attached hydrogens (tertiary/aromatic N) is 2. The lowest BCUT2D eigenvalue weighted by Crippen LogP contribution is -2.42. The Labute approximate surface area is 153 Å². The standard InChI is InChI=1S/C19H26N6O/c1-2-12-6-5-9-17(24-12)25-16-10-13(11-22-18(16)19(21)26)23-15-8-4-3-7-14(15)20/h5-6,9-11,14-15,23H,2-4,7-8,20H2,1H3,(H2,21,26)(H,24,25)/t14-,15+/m0/s1. The van der Waals surface area contributed by atoms with Gasteiger partial charge in [-0.15, -0.1) is 0 Å². The number of carbonyl (C=O) groups excluding carboxylic acids is 1. The Bertz CT molecular complexity index is 778. The smallest absolute Gasteiger partial charge is 0.269 e.